The minimum Gasteiger partial charge on any atom is -0.395 e. The fourth-order valence-electron chi connectivity index (χ4n) is 1.05. The highest BCUT2D eigenvalue weighted by Gasteiger charge is 2.04. The maximum atomic E-state index is 8.96. The van der Waals surface area contributed by atoms with Crippen LogP contribution in [0.15, 0.2) is 36.9 Å². The van der Waals surface area contributed by atoms with Gasteiger partial charge in [0.1, 0.15) is 0 Å². The maximum absolute atomic E-state index is 8.96. The van der Waals surface area contributed by atoms with Crippen LogP contribution < -0.4 is 0 Å². The Balaban J connectivity index is 2.93. The van der Waals surface area contributed by atoms with Crippen LogP contribution in [0.1, 0.15) is 11.5 Å². The van der Waals surface area contributed by atoms with Crippen LogP contribution in [0.3, 0.4) is 0 Å². The Kier molecular flexibility index (Phi) is 3.32. The Morgan fingerprint density at radius 1 is 1.58 bits per heavy atom. The van der Waals surface area contributed by atoms with Crippen LogP contribution in [-0.4, -0.2) is 11.7 Å². The van der Waals surface area contributed by atoms with E-state index in [1.165, 1.54) is 0 Å². The summed E-state index contributed by atoms with van der Waals surface area (Å²) in [5, 5.41) is 9.64. The molecule has 0 bridgehead atoms. The molecule has 1 aromatic rings. The summed E-state index contributed by atoms with van der Waals surface area (Å²) >= 11 is 5.79. The lowest BCUT2D eigenvalue weighted by Gasteiger charge is -2.08. The Morgan fingerprint density at radius 3 is 2.83 bits per heavy atom. The number of halogens is 1. The highest BCUT2D eigenvalue weighted by atomic mass is 35.5. The predicted molar refractivity (Wildman–Crippen MR) is 51.5 cm³/mol. The molecule has 0 unspecified atom stereocenters. The van der Waals surface area contributed by atoms with Crippen molar-refractivity contribution in [3.05, 3.63) is 47.5 Å². The van der Waals surface area contributed by atoms with E-state index in [1.54, 1.807) is 6.08 Å². The van der Waals surface area contributed by atoms with Gasteiger partial charge in [-0.3, -0.25) is 0 Å². The average molecular weight is 183 g/mol. The molecule has 0 saturated carbocycles. The third-order valence-corrected chi connectivity index (χ3v) is 1.99. The summed E-state index contributed by atoms with van der Waals surface area (Å²) in [6.45, 7) is 3.71. The summed E-state index contributed by atoms with van der Waals surface area (Å²) in [7, 11) is 0. The zero-order valence-corrected chi connectivity index (χ0v) is 7.46. The smallest absolute Gasteiger partial charge is 0.0534 e. The van der Waals surface area contributed by atoms with Crippen molar-refractivity contribution in [2.45, 2.75) is 5.92 Å². The number of aliphatic hydroxyl groups excluding tert-OH is 1. The molecule has 0 radical (unpaired) electrons. The molecule has 1 rings (SSSR count). The van der Waals surface area contributed by atoms with E-state index in [0.717, 1.165) is 5.56 Å². The maximum Gasteiger partial charge on any atom is 0.0534 e. The molecular formula is C10H11ClO. The first-order valence-corrected chi connectivity index (χ1v) is 4.14. The van der Waals surface area contributed by atoms with Gasteiger partial charge in [0.15, 0.2) is 0 Å². The predicted octanol–water partition coefficient (Wildman–Crippen LogP) is 2.60. The first kappa shape index (κ1) is 9.30. The van der Waals surface area contributed by atoms with E-state index >= 15 is 0 Å². The van der Waals surface area contributed by atoms with Gasteiger partial charge in [0.05, 0.1) is 6.61 Å². The zero-order chi connectivity index (χ0) is 8.97. The van der Waals surface area contributed by atoms with Crippen molar-refractivity contribution in [1.82, 2.24) is 0 Å². The molecule has 0 aromatic heterocycles. The van der Waals surface area contributed by atoms with Crippen LogP contribution in [0.2, 0.25) is 5.02 Å². The summed E-state index contributed by atoms with van der Waals surface area (Å²) in [4.78, 5) is 0. The molecule has 0 aliphatic rings. The van der Waals surface area contributed by atoms with Crippen molar-refractivity contribution >= 4 is 11.6 Å². The number of benzene rings is 1. The fraction of sp³-hybridized carbons (Fsp3) is 0.200. The van der Waals surface area contributed by atoms with Crippen LogP contribution in [0.25, 0.3) is 0 Å². The molecule has 1 N–H and O–H groups in total. The van der Waals surface area contributed by atoms with E-state index in [-0.39, 0.29) is 12.5 Å². The van der Waals surface area contributed by atoms with Gasteiger partial charge in [-0.05, 0) is 17.7 Å². The molecule has 1 nitrogen and oxygen atoms in total. The van der Waals surface area contributed by atoms with Gasteiger partial charge in [-0.1, -0.05) is 29.8 Å². The molecule has 0 saturated heterocycles. The average Bonchev–Trinajstić information content (AvgIpc) is 2.07. The number of hydrogen-bond donors (Lipinski definition) is 1. The Morgan fingerprint density at radius 2 is 2.33 bits per heavy atom. The molecule has 2 heteroatoms. The van der Waals surface area contributed by atoms with Crippen molar-refractivity contribution in [2.75, 3.05) is 6.61 Å². The second-order valence-corrected chi connectivity index (χ2v) is 3.02. The number of hydrogen-bond acceptors (Lipinski definition) is 1. The third kappa shape index (κ3) is 2.10. The van der Waals surface area contributed by atoms with Gasteiger partial charge >= 0.3 is 0 Å². The van der Waals surface area contributed by atoms with E-state index in [1.807, 2.05) is 24.3 Å². The quantitative estimate of drug-likeness (QED) is 0.713. The van der Waals surface area contributed by atoms with Gasteiger partial charge in [-0.2, -0.15) is 0 Å². The van der Waals surface area contributed by atoms with Gasteiger partial charge in [-0.25, -0.2) is 0 Å². The third-order valence-electron chi connectivity index (χ3n) is 1.76. The number of rotatable bonds is 3. The van der Waals surface area contributed by atoms with Crippen molar-refractivity contribution in [1.29, 1.82) is 0 Å². The van der Waals surface area contributed by atoms with Crippen molar-refractivity contribution in [3.8, 4) is 0 Å². The van der Waals surface area contributed by atoms with Crippen LogP contribution in [-0.2, 0) is 0 Å². The highest BCUT2D eigenvalue weighted by molar-refractivity contribution is 6.30. The van der Waals surface area contributed by atoms with E-state index in [0.29, 0.717) is 5.02 Å². The monoisotopic (exact) mass is 182 g/mol. The van der Waals surface area contributed by atoms with Crippen molar-refractivity contribution < 1.29 is 5.11 Å². The summed E-state index contributed by atoms with van der Waals surface area (Å²) < 4.78 is 0. The van der Waals surface area contributed by atoms with E-state index < -0.39 is 0 Å². The zero-order valence-electron chi connectivity index (χ0n) is 6.70. The molecule has 12 heavy (non-hydrogen) atoms. The molecule has 0 heterocycles. The lowest BCUT2D eigenvalue weighted by molar-refractivity contribution is 0.283. The summed E-state index contributed by atoms with van der Waals surface area (Å²) in [5.74, 6) is -0.0105. The summed E-state index contributed by atoms with van der Waals surface area (Å²) in [5.41, 5.74) is 1.00. The van der Waals surface area contributed by atoms with Gasteiger partial charge in [0.2, 0.25) is 0 Å². The Labute approximate surface area is 77.3 Å². The molecule has 1 aromatic carbocycles. The van der Waals surface area contributed by atoms with Gasteiger partial charge in [0.25, 0.3) is 0 Å². The first-order valence-electron chi connectivity index (χ1n) is 3.77. The van der Waals surface area contributed by atoms with E-state index in [2.05, 4.69) is 6.58 Å². The molecule has 0 fully saturated rings. The van der Waals surface area contributed by atoms with Gasteiger partial charge in [-0.15, -0.1) is 6.58 Å². The molecular weight excluding hydrogens is 172 g/mol. The molecule has 0 spiro atoms. The largest absolute Gasteiger partial charge is 0.395 e. The Hall–Kier alpha value is -0.790. The fourth-order valence-corrected chi connectivity index (χ4v) is 1.25. The molecule has 0 aliphatic carbocycles. The standard InChI is InChI=1S/C10H11ClO/c1-2-8(7-12)9-4-3-5-10(11)6-9/h2-6,8,12H,1,7H2/t8-/m0/s1. The van der Waals surface area contributed by atoms with Crippen LogP contribution in [0.5, 0.6) is 0 Å². The lowest BCUT2D eigenvalue weighted by atomic mass is 10.0. The molecule has 0 aliphatic heterocycles. The topological polar surface area (TPSA) is 20.2 Å². The molecule has 0 amide bonds. The van der Waals surface area contributed by atoms with Crippen molar-refractivity contribution in [2.24, 2.45) is 0 Å². The van der Waals surface area contributed by atoms with Gasteiger partial charge < -0.3 is 5.11 Å². The second-order valence-electron chi connectivity index (χ2n) is 2.58. The first-order chi connectivity index (χ1) is 5.77. The van der Waals surface area contributed by atoms with Gasteiger partial charge in [0, 0.05) is 10.9 Å². The molecule has 64 valence electrons. The number of aliphatic hydroxyl groups is 1. The van der Waals surface area contributed by atoms with Crippen molar-refractivity contribution in [3.63, 3.8) is 0 Å². The normalized spacial score (nSPS) is 12.5. The van der Waals surface area contributed by atoms with E-state index in [9.17, 15) is 0 Å². The van der Waals surface area contributed by atoms with Crippen LogP contribution >= 0.6 is 11.6 Å². The summed E-state index contributed by atoms with van der Waals surface area (Å²) in [6, 6.07) is 7.44. The van der Waals surface area contributed by atoms with E-state index in [4.69, 9.17) is 16.7 Å². The SMILES string of the molecule is C=C[C@@H](CO)c1cccc(Cl)c1. The highest BCUT2D eigenvalue weighted by Crippen LogP contribution is 2.19. The second kappa shape index (κ2) is 4.29. The Bertz CT molecular complexity index is 270. The molecule has 1 atom stereocenters. The van der Waals surface area contributed by atoms with Crippen LogP contribution in [0, 0.1) is 0 Å². The van der Waals surface area contributed by atoms with Crippen LogP contribution in [0.4, 0.5) is 0 Å². The minimum absolute atomic E-state index is 0.0105. The minimum atomic E-state index is -0.0105. The summed E-state index contributed by atoms with van der Waals surface area (Å²) in [6.07, 6.45) is 1.71. The lowest BCUT2D eigenvalue weighted by Crippen LogP contribution is -1.99.